The molecule has 6 atom stereocenters. The van der Waals surface area contributed by atoms with E-state index >= 15 is 0 Å². The zero-order chi connectivity index (χ0) is 41.7. The number of nitrogens with two attached hydrogens (primary N) is 2. The number of rotatable bonds is 19. The molecule has 11 N–H and O–H groups in total. The minimum absolute atomic E-state index is 0.00327. The lowest BCUT2D eigenvalue weighted by Crippen LogP contribution is -2.58. The van der Waals surface area contributed by atoms with Crippen molar-refractivity contribution in [2.45, 2.75) is 103 Å². The summed E-state index contributed by atoms with van der Waals surface area (Å²) in [5, 5.41) is 32.2. The summed E-state index contributed by atoms with van der Waals surface area (Å²) in [7, 11) is 0. The van der Waals surface area contributed by atoms with E-state index in [0.717, 1.165) is 0 Å². The van der Waals surface area contributed by atoms with Gasteiger partial charge in [-0.3, -0.25) is 33.6 Å². The van der Waals surface area contributed by atoms with E-state index in [1.54, 1.807) is 38.1 Å². The van der Waals surface area contributed by atoms with E-state index in [1.807, 2.05) is 13.8 Å². The number of phenolic OH excluding ortho intramolecular Hbond substituents is 2. The maximum atomic E-state index is 13.8. The van der Waals surface area contributed by atoms with Gasteiger partial charge in [-0.15, -0.1) is 0 Å². The van der Waals surface area contributed by atoms with E-state index in [9.17, 15) is 43.8 Å². The maximum absolute atomic E-state index is 13.8. The molecular formula is C39H56N8O9. The molecule has 7 amide bonds. The number of hydrogen-bond donors (Lipinski definition) is 9. The number of nitrogens with one attached hydrogen (secondary N) is 5. The summed E-state index contributed by atoms with van der Waals surface area (Å²) < 4.78 is 0. The molecule has 1 fully saturated rings. The molecule has 2 aromatic carbocycles. The summed E-state index contributed by atoms with van der Waals surface area (Å²) in [5.41, 5.74) is 12.9. The minimum Gasteiger partial charge on any atom is -0.508 e. The summed E-state index contributed by atoms with van der Waals surface area (Å²) in [4.78, 5) is 93.1. The van der Waals surface area contributed by atoms with Crippen molar-refractivity contribution in [3.05, 3.63) is 59.7 Å². The van der Waals surface area contributed by atoms with Crippen LogP contribution < -0.4 is 38.1 Å². The normalized spacial score (nSPS) is 16.6. The number of carbonyl (C=O) groups is 7. The monoisotopic (exact) mass is 780 g/mol. The fourth-order valence-corrected chi connectivity index (χ4v) is 6.27. The van der Waals surface area contributed by atoms with E-state index in [4.69, 9.17) is 11.5 Å². The van der Waals surface area contributed by atoms with Crippen molar-refractivity contribution in [2.24, 2.45) is 23.3 Å². The Morgan fingerprint density at radius 3 is 1.84 bits per heavy atom. The second kappa shape index (κ2) is 20.8. The van der Waals surface area contributed by atoms with Crippen LogP contribution in [0.1, 0.15) is 65.0 Å². The molecule has 3 rings (SSSR count). The Morgan fingerprint density at radius 2 is 1.30 bits per heavy atom. The number of phenols is 2. The molecule has 0 radical (unpaired) electrons. The molecule has 0 aromatic heterocycles. The molecule has 0 unspecified atom stereocenters. The lowest BCUT2D eigenvalue weighted by Gasteiger charge is -2.30. The highest BCUT2D eigenvalue weighted by Gasteiger charge is 2.38. The molecule has 17 heteroatoms. The highest BCUT2D eigenvalue weighted by molar-refractivity contribution is 5.96. The van der Waals surface area contributed by atoms with Crippen LogP contribution in [-0.4, -0.2) is 106 Å². The molecule has 56 heavy (non-hydrogen) atoms. The van der Waals surface area contributed by atoms with E-state index in [1.165, 1.54) is 36.1 Å². The van der Waals surface area contributed by atoms with E-state index < -0.39 is 90.1 Å². The zero-order valence-corrected chi connectivity index (χ0v) is 32.5. The molecule has 306 valence electrons. The Hall–Kier alpha value is -5.71. The topological polar surface area (TPSA) is 275 Å². The summed E-state index contributed by atoms with van der Waals surface area (Å²) in [5.74, 6) is -4.86. The molecule has 2 aromatic rings. The molecule has 1 aliphatic heterocycles. The van der Waals surface area contributed by atoms with Crippen molar-refractivity contribution in [2.75, 3.05) is 13.1 Å². The summed E-state index contributed by atoms with van der Waals surface area (Å²) in [6.45, 7) is 8.29. The second-order valence-corrected chi connectivity index (χ2v) is 14.9. The number of carbonyl (C=O) groups excluding carboxylic acids is 7. The molecule has 0 spiro atoms. The van der Waals surface area contributed by atoms with Gasteiger partial charge in [0.25, 0.3) is 0 Å². The fourth-order valence-electron chi connectivity index (χ4n) is 6.27. The fraction of sp³-hybridized carbons (Fsp3) is 0.513. The van der Waals surface area contributed by atoms with Crippen molar-refractivity contribution in [1.82, 2.24) is 31.5 Å². The summed E-state index contributed by atoms with van der Waals surface area (Å²) in [6, 6.07) is 6.01. The van der Waals surface area contributed by atoms with Gasteiger partial charge in [0.1, 0.15) is 41.7 Å². The first kappa shape index (κ1) is 44.7. The van der Waals surface area contributed by atoms with E-state index in [2.05, 4.69) is 26.6 Å². The van der Waals surface area contributed by atoms with Crippen LogP contribution in [-0.2, 0) is 46.4 Å². The molecule has 1 saturated heterocycles. The Kier molecular flexibility index (Phi) is 16.6. The SMILES string of the molecule is CC(C)C[C@@H](NC(=O)[C@@H](Cc1ccc(O)cc1)NC(=O)CNC(=O)[C@H](NC(=O)[C@@H](C)NC(=O)[C@H](N)Cc1ccc(O)cc1)C(C)C)C(=O)N1CCC[C@H]1C(N)=O. The van der Waals surface area contributed by atoms with Crippen LogP contribution in [0.15, 0.2) is 48.5 Å². The van der Waals surface area contributed by atoms with Gasteiger partial charge < -0.3 is 53.2 Å². The van der Waals surface area contributed by atoms with Crippen molar-refractivity contribution in [1.29, 1.82) is 0 Å². The van der Waals surface area contributed by atoms with Gasteiger partial charge in [0.2, 0.25) is 41.4 Å². The van der Waals surface area contributed by atoms with E-state index in [0.29, 0.717) is 30.5 Å². The third-order valence-electron chi connectivity index (χ3n) is 9.36. The first-order chi connectivity index (χ1) is 26.4. The van der Waals surface area contributed by atoms with Crippen LogP contribution in [0.4, 0.5) is 0 Å². The zero-order valence-electron chi connectivity index (χ0n) is 32.5. The number of primary amides is 1. The number of benzene rings is 2. The van der Waals surface area contributed by atoms with Gasteiger partial charge >= 0.3 is 0 Å². The predicted octanol–water partition coefficient (Wildman–Crippen LogP) is -0.536. The summed E-state index contributed by atoms with van der Waals surface area (Å²) in [6.07, 6.45) is 1.38. The second-order valence-electron chi connectivity index (χ2n) is 14.9. The molecule has 1 aliphatic rings. The van der Waals surface area contributed by atoms with Crippen molar-refractivity contribution in [3.8, 4) is 11.5 Å². The number of hydrogen-bond acceptors (Lipinski definition) is 10. The largest absolute Gasteiger partial charge is 0.508 e. The maximum Gasteiger partial charge on any atom is 0.245 e. The molecule has 0 bridgehead atoms. The third-order valence-corrected chi connectivity index (χ3v) is 9.36. The standard InChI is InChI=1S/C39H56N8O9/c1-21(2)17-30(39(56)47-16-6-7-31(47)34(41)51)45-37(54)29(19-25-10-14-27(49)15-11-25)44-32(50)20-42-38(55)33(22(3)4)46-35(52)23(5)43-36(53)28(40)18-24-8-12-26(48)13-9-24/h8-15,21-23,28-31,33,48-49H,6-7,16-20,40H2,1-5H3,(H2,41,51)(H,42,55)(H,43,53)(H,44,50)(H,45,54)(H,46,52)/t23-,28-,29-,30-,31+,33-/m1/s1. The van der Waals surface area contributed by atoms with Crippen LogP contribution in [0.25, 0.3) is 0 Å². The molecular weight excluding hydrogens is 724 g/mol. The molecule has 17 nitrogen and oxygen atoms in total. The van der Waals surface area contributed by atoms with Gasteiger partial charge in [-0.05, 0) is 79.8 Å². The van der Waals surface area contributed by atoms with Crippen molar-refractivity contribution >= 4 is 41.4 Å². The highest BCUT2D eigenvalue weighted by Crippen LogP contribution is 2.20. The average molecular weight is 781 g/mol. The molecule has 0 aliphatic carbocycles. The van der Waals surface area contributed by atoms with Crippen molar-refractivity contribution < 1.29 is 43.8 Å². The average Bonchev–Trinajstić information content (AvgIpc) is 3.64. The Balaban J connectivity index is 1.65. The predicted molar refractivity (Wildman–Crippen MR) is 206 cm³/mol. The number of aromatic hydroxyl groups is 2. The first-order valence-electron chi connectivity index (χ1n) is 18.8. The lowest BCUT2D eigenvalue weighted by atomic mass is 10.00. The van der Waals surface area contributed by atoms with Gasteiger partial charge in [-0.1, -0.05) is 52.0 Å². The third kappa shape index (κ3) is 13.5. The first-order valence-corrected chi connectivity index (χ1v) is 18.8. The highest BCUT2D eigenvalue weighted by atomic mass is 16.3. The van der Waals surface area contributed by atoms with E-state index in [-0.39, 0.29) is 36.7 Å². The van der Waals surface area contributed by atoms with Crippen LogP contribution in [0.2, 0.25) is 0 Å². The smallest absolute Gasteiger partial charge is 0.245 e. The lowest BCUT2D eigenvalue weighted by molar-refractivity contribution is -0.141. The Morgan fingerprint density at radius 1 is 0.732 bits per heavy atom. The van der Waals surface area contributed by atoms with Crippen LogP contribution >= 0.6 is 0 Å². The number of nitrogens with zero attached hydrogens (tertiary/aromatic N) is 1. The number of likely N-dealkylation sites (tertiary alicyclic amines) is 1. The van der Waals surface area contributed by atoms with Gasteiger partial charge in [-0.2, -0.15) is 0 Å². The van der Waals surface area contributed by atoms with Crippen LogP contribution in [0, 0.1) is 11.8 Å². The van der Waals surface area contributed by atoms with Gasteiger partial charge in [0.15, 0.2) is 0 Å². The minimum atomic E-state index is -1.22. The quantitative estimate of drug-likeness (QED) is 0.0879. The molecule has 1 heterocycles. The number of amides is 7. The van der Waals surface area contributed by atoms with Gasteiger partial charge in [0, 0.05) is 13.0 Å². The Labute approximate surface area is 326 Å². The summed E-state index contributed by atoms with van der Waals surface area (Å²) >= 11 is 0. The Bertz CT molecular complexity index is 1700. The van der Waals surface area contributed by atoms with Crippen LogP contribution in [0.5, 0.6) is 11.5 Å². The van der Waals surface area contributed by atoms with Crippen molar-refractivity contribution in [3.63, 3.8) is 0 Å². The van der Waals surface area contributed by atoms with Gasteiger partial charge in [0.05, 0.1) is 12.6 Å². The van der Waals surface area contributed by atoms with Crippen LogP contribution in [0.3, 0.4) is 0 Å². The molecule has 0 saturated carbocycles. The van der Waals surface area contributed by atoms with Gasteiger partial charge in [-0.25, -0.2) is 0 Å².